The Morgan fingerprint density at radius 2 is 2.13 bits per heavy atom. The van der Waals surface area contributed by atoms with Crippen molar-refractivity contribution in [2.45, 2.75) is 19.8 Å². The lowest BCUT2D eigenvalue weighted by Gasteiger charge is -2.10. The zero-order valence-corrected chi connectivity index (χ0v) is 9.41. The van der Waals surface area contributed by atoms with Gasteiger partial charge in [0.2, 0.25) is 0 Å². The minimum absolute atomic E-state index is 0.214. The molecule has 0 aliphatic rings. The number of rotatable bonds is 3. The van der Waals surface area contributed by atoms with E-state index in [1.165, 1.54) is 7.11 Å². The van der Waals surface area contributed by atoms with Crippen LogP contribution < -0.4 is 0 Å². The molecule has 2 nitrogen and oxygen atoms in total. The van der Waals surface area contributed by atoms with Crippen molar-refractivity contribution in [3.05, 3.63) is 42.0 Å². The first kappa shape index (κ1) is 11.5. The normalized spacial score (nSPS) is 11.9. The summed E-state index contributed by atoms with van der Waals surface area (Å²) in [5, 5.41) is 0. The highest BCUT2D eigenvalue weighted by Gasteiger charge is 2.15. The Kier molecular flexibility index (Phi) is 3.67. The van der Waals surface area contributed by atoms with Crippen LogP contribution in [0.5, 0.6) is 0 Å². The summed E-state index contributed by atoms with van der Waals surface area (Å²) in [5.74, 6) is -0.442. The van der Waals surface area contributed by atoms with Crippen molar-refractivity contribution in [1.29, 1.82) is 0 Å². The highest BCUT2D eigenvalue weighted by Crippen LogP contribution is 2.20. The Balaban J connectivity index is 3.00. The second kappa shape index (κ2) is 4.78. The molecule has 1 aromatic rings. The lowest BCUT2D eigenvalue weighted by Crippen LogP contribution is -2.10. The Morgan fingerprint density at radius 3 is 2.67 bits per heavy atom. The smallest absolute Gasteiger partial charge is 0.312 e. The van der Waals surface area contributed by atoms with Crippen molar-refractivity contribution in [2.75, 3.05) is 7.11 Å². The maximum absolute atomic E-state index is 11.3. The van der Waals surface area contributed by atoms with Gasteiger partial charge in [0.15, 0.2) is 0 Å². The summed E-state index contributed by atoms with van der Waals surface area (Å²) in [6.45, 7) is 7.66. The van der Waals surface area contributed by atoms with Gasteiger partial charge in [0.25, 0.3) is 0 Å². The molecule has 1 aromatic carbocycles. The fraction of sp³-hybridized carbons (Fsp3) is 0.308. The largest absolute Gasteiger partial charge is 0.469 e. The molecule has 0 aliphatic heterocycles. The zero-order valence-electron chi connectivity index (χ0n) is 9.41. The minimum atomic E-state index is -0.228. The zero-order chi connectivity index (χ0) is 11.4. The lowest BCUT2D eigenvalue weighted by molar-refractivity contribution is -0.141. The van der Waals surface area contributed by atoms with Gasteiger partial charge in [-0.25, -0.2) is 0 Å². The van der Waals surface area contributed by atoms with Crippen molar-refractivity contribution in [2.24, 2.45) is 0 Å². The third-order valence-corrected chi connectivity index (χ3v) is 2.43. The molecule has 0 radical (unpaired) electrons. The van der Waals surface area contributed by atoms with Gasteiger partial charge in [0.1, 0.15) is 0 Å². The molecule has 0 saturated heterocycles. The van der Waals surface area contributed by atoms with E-state index in [-0.39, 0.29) is 11.9 Å². The summed E-state index contributed by atoms with van der Waals surface area (Å²) in [5.41, 5.74) is 3.01. The molecule has 80 valence electrons. The number of methoxy groups -OCH3 is 1. The predicted octanol–water partition coefficient (Wildman–Crippen LogP) is 3.00. The maximum atomic E-state index is 11.3. The first-order valence-corrected chi connectivity index (χ1v) is 4.90. The molecule has 0 N–H and O–H groups in total. The van der Waals surface area contributed by atoms with Gasteiger partial charge in [-0.2, -0.15) is 0 Å². The monoisotopic (exact) mass is 204 g/mol. The molecule has 0 saturated carbocycles. The molecule has 0 heterocycles. The summed E-state index contributed by atoms with van der Waals surface area (Å²) in [6.07, 6.45) is 0. The third-order valence-electron chi connectivity index (χ3n) is 2.43. The van der Waals surface area contributed by atoms with Crippen LogP contribution in [-0.4, -0.2) is 13.1 Å². The van der Waals surface area contributed by atoms with Crippen LogP contribution in [0.1, 0.15) is 30.9 Å². The van der Waals surface area contributed by atoms with E-state index >= 15 is 0 Å². The quantitative estimate of drug-likeness (QED) is 0.707. The fourth-order valence-corrected chi connectivity index (χ4v) is 1.39. The van der Waals surface area contributed by atoms with Gasteiger partial charge < -0.3 is 4.74 Å². The molecule has 0 spiro atoms. The lowest BCUT2D eigenvalue weighted by atomic mass is 9.97. The van der Waals surface area contributed by atoms with Crippen LogP contribution in [0.4, 0.5) is 0 Å². The molecular weight excluding hydrogens is 188 g/mol. The number of allylic oxidation sites excluding steroid dienone is 1. The maximum Gasteiger partial charge on any atom is 0.312 e. The van der Waals surface area contributed by atoms with Crippen LogP contribution in [0.2, 0.25) is 0 Å². The van der Waals surface area contributed by atoms with Gasteiger partial charge in [-0.15, -0.1) is 0 Å². The van der Waals surface area contributed by atoms with Crippen LogP contribution >= 0.6 is 0 Å². The predicted molar refractivity (Wildman–Crippen MR) is 61.6 cm³/mol. The van der Waals surface area contributed by atoms with Gasteiger partial charge in [-0.05, 0) is 25.0 Å². The van der Waals surface area contributed by atoms with Gasteiger partial charge in [-0.1, -0.05) is 36.4 Å². The number of hydrogen-bond acceptors (Lipinski definition) is 2. The molecule has 1 atom stereocenters. The summed E-state index contributed by atoms with van der Waals surface area (Å²) in [4.78, 5) is 11.3. The summed E-state index contributed by atoms with van der Waals surface area (Å²) in [6, 6.07) is 7.81. The Labute approximate surface area is 90.6 Å². The Bertz CT molecular complexity index is 380. The van der Waals surface area contributed by atoms with E-state index in [9.17, 15) is 4.79 Å². The van der Waals surface area contributed by atoms with Crippen LogP contribution in [0.3, 0.4) is 0 Å². The molecule has 0 aliphatic carbocycles. The van der Waals surface area contributed by atoms with E-state index in [2.05, 4.69) is 6.58 Å². The summed E-state index contributed by atoms with van der Waals surface area (Å²) >= 11 is 0. The van der Waals surface area contributed by atoms with Crippen molar-refractivity contribution in [1.82, 2.24) is 0 Å². The van der Waals surface area contributed by atoms with Crippen molar-refractivity contribution >= 4 is 11.5 Å². The first-order chi connectivity index (χ1) is 7.06. The highest BCUT2D eigenvalue weighted by atomic mass is 16.5. The highest BCUT2D eigenvalue weighted by molar-refractivity contribution is 5.78. The topological polar surface area (TPSA) is 26.3 Å². The van der Waals surface area contributed by atoms with Gasteiger partial charge >= 0.3 is 5.97 Å². The first-order valence-electron chi connectivity index (χ1n) is 4.90. The van der Waals surface area contributed by atoms with E-state index < -0.39 is 0 Å². The van der Waals surface area contributed by atoms with E-state index in [1.54, 1.807) is 0 Å². The summed E-state index contributed by atoms with van der Waals surface area (Å²) in [7, 11) is 1.40. The molecule has 0 amide bonds. The molecular formula is C13H16O2. The molecule has 0 bridgehead atoms. The van der Waals surface area contributed by atoms with Crippen LogP contribution in [-0.2, 0) is 9.53 Å². The second-order valence-electron chi connectivity index (χ2n) is 3.65. The molecule has 0 aromatic heterocycles. The Morgan fingerprint density at radius 1 is 1.47 bits per heavy atom. The average Bonchev–Trinajstić information content (AvgIpc) is 2.27. The molecule has 2 heteroatoms. The standard InChI is InChI=1S/C13H16O2/c1-9(2)11-6-5-7-12(8-11)10(3)13(14)15-4/h5-8,10H,1H2,2-4H3/t10-/m1/s1. The summed E-state index contributed by atoms with van der Waals surface area (Å²) < 4.78 is 4.71. The van der Waals surface area contributed by atoms with Crippen LogP contribution in [0.15, 0.2) is 30.8 Å². The van der Waals surface area contributed by atoms with Crippen molar-refractivity contribution in [3.63, 3.8) is 0 Å². The second-order valence-corrected chi connectivity index (χ2v) is 3.65. The van der Waals surface area contributed by atoms with Gasteiger partial charge in [0.05, 0.1) is 13.0 Å². The number of carbonyl (C=O) groups excluding carboxylic acids is 1. The fourth-order valence-electron chi connectivity index (χ4n) is 1.39. The van der Waals surface area contributed by atoms with Crippen LogP contribution in [0.25, 0.3) is 5.57 Å². The number of hydrogen-bond donors (Lipinski definition) is 0. The van der Waals surface area contributed by atoms with Gasteiger partial charge in [0, 0.05) is 0 Å². The van der Waals surface area contributed by atoms with Crippen LogP contribution in [0, 0.1) is 0 Å². The molecule has 0 fully saturated rings. The van der Waals surface area contributed by atoms with Crippen molar-refractivity contribution < 1.29 is 9.53 Å². The Hall–Kier alpha value is -1.57. The molecule has 15 heavy (non-hydrogen) atoms. The average molecular weight is 204 g/mol. The number of carbonyl (C=O) groups is 1. The molecule has 1 rings (SSSR count). The number of ether oxygens (including phenoxy) is 1. The number of benzene rings is 1. The van der Waals surface area contributed by atoms with E-state index in [0.717, 1.165) is 16.7 Å². The number of esters is 1. The third kappa shape index (κ3) is 2.69. The minimum Gasteiger partial charge on any atom is -0.469 e. The SMILES string of the molecule is C=C(C)c1cccc([C@@H](C)C(=O)OC)c1. The molecule has 0 unspecified atom stereocenters. The van der Waals surface area contributed by atoms with E-state index in [4.69, 9.17) is 4.74 Å². The van der Waals surface area contributed by atoms with E-state index in [1.807, 2.05) is 38.1 Å². The van der Waals surface area contributed by atoms with E-state index in [0.29, 0.717) is 0 Å². The van der Waals surface area contributed by atoms with Crippen molar-refractivity contribution in [3.8, 4) is 0 Å². The van der Waals surface area contributed by atoms with Gasteiger partial charge in [-0.3, -0.25) is 4.79 Å².